The van der Waals surface area contributed by atoms with E-state index >= 15 is 0 Å². The van der Waals surface area contributed by atoms with Crippen LogP contribution in [0, 0.1) is 0 Å². The van der Waals surface area contributed by atoms with Gasteiger partial charge < -0.3 is 4.52 Å². The topological polar surface area (TPSA) is 95.8 Å². The molecule has 0 bridgehead atoms. The quantitative estimate of drug-likeness (QED) is 0.698. The van der Waals surface area contributed by atoms with Crippen molar-refractivity contribution in [3.8, 4) is 0 Å². The van der Waals surface area contributed by atoms with Gasteiger partial charge in [-0.25, -0.2) is 9.78 Å². The van der Waals surface area contributed by atoms with Crippen LogP contribution >= 0.6 is 0 Å². The van der Waals surface area contributed by atoms with Gasteiger partial charge in [0.15, 0.2) is 5.82 Å². The summed E-state index contributed by atoms with van der Waals surface area (Å²) in [4.78, 5) is 32.3. The standard InChI is InChI=1S/C14H12F3N5O3/c1-3-9-19-10(25-20-9)6-22-12(23)7-4-5-8(14(15,16)17)18-11(7)21(2)13(22)24/h4-5H,3,6H2,1-2H3. The van der Waals surface area contributed by atoms with Gasteiger partial charge in [0, 0.05) is 13.5 Å². The van der Waals surface area contributed by atoms with Crippen molar-refractivity contribution in [2.24, 2.45) is 7.05 Å². The number of aryl methyl sites for hydroxylation is 2. The summed E-state index contributed by atoms with van der Waals surface area (Å²) in [5.41, 5.74) is -3.14. The van der Waals surface area contributed by atoms with Crippen molar-refractivity contribution in [1.82, 2.24) is 24.3 Å². The Morgan fingerprint density at radius 2 is 1.92 bits per heavy atom. The van der Waals surface area contributed by atoms with Crippen molar-refractivity contribution in [2.75, 3.05) is 0 Å². The first-order chi connectivity index (χ1) is 11.7. The largest absolute Gasteiger partial charge is 0.433 e. The molecular formula is C14H12F3N5O3. The number of nitrogens with zero attached hydrogens (tertiary/aromatic N) is 5. The summed E-state index contributed by atoms with van der Waals surface area (Å²) < 4.78 is 45.0. The van der Waals surface area contributed by atoms with E-state index in [9.17, 15) is 22.8 Å². The number of halogens is 3. The number of aromatic nitrogens is 5. The smallest absolute Gasteiger partial charge is 0.337 e. The van der Waals surface area contributed by atoms with Gasteiger partial charge in [0.05, 0.1) is 5.39 Å². The first-order valence-corrected chi connectivity index (χ1v) is 7.21. The van der Waals surface area contributed by atoms with Crippen LogP contribution in [0.2, 0.25) is 0 Å². The van der Waals surface area contributed by atoms with Crippen molar-refractivity contribution in [3.05, 3.63) is 50.4 Å². The molecule has 0 aliphatic heterocycles. The van der Waals surface area contributed by atoms with Crippen molar-refractivity contribution >= 4 is 11.0 Å². The fourth-order valence-corrected chi connectivity index (χ4v) is 2.31. The molecule has 3 aromatic heterocycles. The van der Waals surface area contributed by atoms with Gasteiger partial charge in [0.1, 0.15) is 17.9 Å². The van der Waals surface area contributed by atoms with Gasteiger partial charge in [-0.2, -0.15) is 18.2 Å². The third-order valence-electron chi connectivity index (χ3n) is 3.60. The molecular weight excluding hydrogens is 343 g/mol. The molecule has 8 nitrogen and oxygen atoms in total. The Hall–Kier alpha value is -2.98. The van der Waals surface area contributed by atoms with Crippen LogP contribution in [0.1, 0.15) is 24.3 Å². The molecule has 0 radical (unpaired) electrons. The van der Waals surface area contributed by atoms with Crippen LogP contribution in [0.5, 0.6) is 0 Å². The summed E-state index contributed by atoms with van der Waals surface area (Å²) in [5.74, 6) is 0.465. The molecule has 3 heterocycles. The second-order valence-electron chi connectivity index (χ2n) is 5.26. The summed E-state index contributed by atoms with van der Waals surface area (Å²) in [6, 6.07) is 1.69. The number of fused-ring (bicyclic) bond motifs is 1. The molecule has 3 aromatic rings. The predicted molar refractivity (Wildman–Crippen MR) is 79.0 cm³/mol. The monoisotopic (exact) mass is 355 g/mol. The van der Waals surface area contributed by atoms with Crippen LogP contribution < -0.4 is 11.2 Å². The fourth-order valence-electron chi connectivity index (χ4n) is 2.31. The van der Waals surface area contributed by atoms with E-state index < -0.39 is 23.1 Å². The van der Waals surface area contributed by atoms with Crippen molar-refractivity contribution in [3.63, 3.8) is 0 Å². The molecule has 0 amide bonds. The zero-order valence-electron chi connectivity index (χ0n) is 13.2. The predicted octanol–water partition coefficient (Wildman–Crippen LogP) is 1.11. The minimum absolute atomic E-state index is 0.0512. The third-order valence-corrected chi connectivity index (χ3v) is 3.60. The van der Waals surface area contributed by atoms with Gasteiger partial charge in [-0.05, 0) is 12.1 Å². The molecule has 0 N–H and O–H groups in total. The fraction of sp³-hybridized carbons (Fsp3) is 0.357. The maximum absolute atomic E-state index is 12.8. The summed E-state index contributed by atoms with van der Waals surface area (Å²) in [6.45, 7) is 1.52. The van der Waals surface area contributed by atoms with E-state index in [1.807, 2.05) is 0 Å². The van der Waals surface area contributed by atoms with Crippen LogP contribution in [0.4, 0.5) is 13.2 Å². The van der Waals surface area contributed by atoms with Crippen LogP contribution in [-0.2, 0) is 26.2 Å². The van der Waals surface area contributed by atoms with Crippen molar-refractivity contribution in [2.45, 2.75) is 26.1 Å². The Kier molecular flexibility index (Phi) is 3.93. The number of pyridine rings is 1. The van der Waals surface area contributed by atoms with Crippen molar-refractivity contribution in [1.29, 1.82) is 0 Å². The summed E-state index contributed by atoms with van der Waals surface area (Å²) in [7, 11) is 1.24. The highest BCUT2D eigenvalue weighted by atomic mass is 19.4. The minimum atomic E-state index is -4.68. The average molecular weight is 355 g/mol. The second kappa shape index (κ2) is 5.83. The Bertz CT molecular complexity index is 1060. The van der Waals surface area contributed by atoms with E-state index in [2.05, 4.69) is 15.1 Å². The van der Waals surface area contributed by atoms with E-state index in [1.165, 1.54) is 7.05 Å². The van der Waals surface area contributed by atoms with E-state index in [1.54, 1.807) is 6.92 Å². The Morgan fingerprint density at radius 1 is 1.20 bits per heavy atom. The lowest BCUT2D eigenvalue weighted by atomic mass is 10.2. The molecule has 0 aromatic carbocycles. The SMILES string of the molecule is CCc1noc(Cn2c(=O)c3ccc(C(F)(F)F)nc3n(C)c2=O)n1. The number of alkyl halides is 3. The molecule has 0 unspecified atom stereocenters. The summed E-state index contributed by atoms with van der Waals surface area (Å²) >= 11 is 0. The average Bonchev–Trinajstić information content (AvgIpc) is 3.03. The highest BCUT2D eigenvalue weighted by molar-refractivity contribution is 5.74. The van der Waals surface area contributed by atoms with E-state index in [0.717, 1.165) is 15.2 Å². The van der Waals surface area contributed by atoms with Crippen LogP contribution in [-0.4, -0.2) is 24.3 Å². The lowest BCUT2D eigenvalue weighted by molar-refractivity contribution is -0.141. The van der Waals surface area contributed by atoms with Crippen LogP contribution in [0.3, 0.4) is 0 Å². The third kappa shape index (κ3) is 2.92. The minimum Gasteiger partial charge on any atom is -0.337 e. The maximum Gasteiger partial charge on any atom is 0.433 e. The van der Waals surface area contributed by atoms with Crippen molar-refractivity contribution < 1.29 is 17.7 Å². The Morgan fingerprint density at radius 3 is 2.52 bits per heavy atom. The molecule has 25 heavy (non-hydrogen) atoms. The molecule has 0 atom stereocenters. The molecule has 0 spiro atoms. The molecule has 132 valence electrons. The number of hydrogen-bond donors (Lipinski definition) is 0. The molecule has 0 aliphatic rings. The maximum atomic E-state index is 12.8. The lowest BCUT2D eigenvalue weighted by Gasteiger charge is -2.11. The molecule has 0 saturated heterocycles. The van der Waals surface area contributed by atoms with Crippen LogP contribution in [0.25, 0.3) is 11.0 Å². The first kappa shape index (κ1) is 16.9. The molecule has 0 saturated carbocycles. The van der Waals surface area contributed by atoms with Gasteiger partial charge in [-0.3, -0.25) is 13.9 Å². The van der Waals surface area contributed by atoms with Gasteiger partial charge >= 0.3 is 11.9 Å². The molecule has 0 aliphatic carbocycles. The summed E-state index contributed by atoms with van der Waals surface area (Å²) in [5, 5.41) is 3.55. The lowest BCUT2D eigenvalue weighted by Crippen LogP contribution is -2.39. The second-order valence-corrected chi connectivity index (χ2v) is 5.26. The molecule has 0 fully saturated rings. The zero-order valence-corrected chi connectivity index (χ0v) is 13.2. The highest BCUT2D eigenvalue weighted by Gasteiger charge is 2.33. The summed E-state index contributed by atoms with van der Waals surface area (Å²) in [6.07, 6.45) is -4.17. The normalized spacial score (nSPS) is 12.0. The van der Waals surface area contributed by atoms with E-state index in [4.69, 9.17) is 4.52 Å². The Balaban J connectivity index is 2.18. The molecule has 3 rings (SSSR count). The van der Waals surface area contributed by atoms with E-state index in [-0.39, 0.29) is 23.5 Å². The van der Waals surface area contributed by atoms with E-state index in [0.29, 0.717) is 18.3 Å². The van der Waals surface area contributed by atoms with Gasteiger partial charge in [0.25, 0.3) is 5.56 Å². The number of hydrogen-bond acceptors (Lipinski definition) is 6. The van der Waals surface area contributed by atoms with Gasteiger partial charge in [-0.15, -0.1) is 0 Å². The van der Waals surface area contributed by atoms with Gasteiger partial charge in [0.2, 0.25) is 5.89 Å². The molecule has 11 heteroatoms. The Labute approximate surface area is 137 Å². The zero-order chi connectivity index (χ0) is 18.4. The van der Waals surface area contributed by atoms with Gasteiger partial charge in [-0.1, -0.05) is 12.1 Å². The number of rotatable bonds is 3. The first-order valence-electron chi connectivity index (χ1n) is 7.21. The van der Waals surface area contributed by atoms with Crippen LogP contribution in [0.15, 0.2) is 26.2 Å². The highest BCUT2D eigenvalue weighted by Crippen LogP contribution is 2.28.